The molecule has 2 N–H and O–H groups in total. The Labute approximate surface area is 148 Å². The molecule has 5 aromatic rings. The molecular formula is C22H14N2O2. The van der Waals surface area contributed by atoms with Gasteiger partial charge in [0.15, 0.2) is 0 Å². The summed E-state index contributed by atoms with van der Waals surface area (Å²) in [6.45, 7) is 0. The number of nitro benzene ring substituents is 1. The Morgan fingerprint density at radius 3 is 1.81 bits per heavy atom. The fourth-order valence-corrected chi connectivity index (χ4v) is 3.72. The molecule has 4 nitrogen and oxygen atoms in total. The SMILES string of the molecule is Nc1cccc2cc3cc4cc5cccc([N+](=O)[O-])c5cc4cc3cc12. The molecule has 0 unspecified atom stereocenters. The molecule has 0 spiro atoms. The summed E-state index contributed by atoms with van der Waals surface area (Å²) in [6.07, 6.45) is 0. The number of nitrogens with zero attached hydrogens (tertiary/aromatic N) is 1. The third kappa shape index (κ3) is 2.09. The van der Waals surface area contributed by atoms with Gasteiger partial charge in [0.2, 0.25) is 0 Å². The molecule has 0 heterocycles. The van der Waals surface area contributed by atoms with Gasteiger partial charge in [-0.15, -0.1) is 0 Å². The van der Waals surface area contributed by atoms with E-state index in [1.54, 1.807) is 12.1 Å². The zero-order valence-corrected chi connectivity index (χ0v) is 13.8. The average Bonchev–Trinajstić information content (AvgIpc) is 2.63. The Hall–Kier alpha value is -3.66. The Morgan fingerprint density at radius 1 is 0.654 bits per heavy atom. The van der Waals surface area contributed by atoms with Gasteiger partial charge in [0.25, 0.3) is 5.69 Å². The lowest BCUT2D eigenvalue weighted by molar-refractivity contribution is -0.383. The first-order valence-corrected chi connectivity index (χ1v) is 8.33. The molecule has 5 aromatic carbocycles. The summed E-state index contributed by atoms with van der Waals surface area (Å²) in [7, 11) is 0. The maximum atomic E-state index is 11.3. The van der Waals surface area contributed by atoms with E-state index in [4.69, 9.17) is 5.73 Å². The highest BCUT2D eigenvalue weighted by molar-refractivity contribution is 6.10. The number of nitrogens with two attached hydrogens (primary N) is 1. The molecule has 5 rings (SSSR count). The van der Waals surface area contributed by atoms with Crippen LogP contribution in [0.25, 0.3) is 43.1 Å². The van der Waals surface area contributed by atoms with E-state index in [2.05, 4.69) is 30.3 Å². The molecule has 0 saturated heterocycles. The molecular weight excluding hydrogens is 324 g/mol. The number of hydrogen-bond acceptors (Lipinski definition) is 3. The number of hydrogen-bond donors (Lipinski definition) is 1. The zero-order valence-electron chi connectivity index (χ0n) is 13.8. The monoisotopic (exact) mass is 338 g/mol. The molecule has 0 aliphatic rings. The summed E-state index contributed by atoms with van der Waals surface area (Å²) in [4.78, 5) is 11.0. The van der Waals surface area contributed by atoms with E-state index >= 15 is 0 Å². The molecule has 4 heteroatoms. The second-order valence-corrected chi connectivity index (χ2v) is 6.57. The Balaban J connectivity index is 1.90. The molecule has 124 valence electrons. The highest BCUT2D eigenvalue weighted by Crippen LogP contribution is 2.34. The van der Waals surface area contributed by atoms with Crippen LogP contribution in [0.5, 0.6) is 0 Å². The minimum absolute atomic E-state index is 0.132. The van der Waals surface area contributed by atoms with E-state index in [-0.39, 0.29) is 10.6 Å². The molecule has 0 bridgehead atoms. The number of benzene rings is 5. The number of rotatable bonds is 1. The third-order valence-electron chi connectivity index (χ3n) is 5.00. The standard InChI is InChI=1S/C22H14N2O2/c23-21-5-1-3-13-7-15-9-16-8-14-4-2-6-22(24(25)26)20(14)12-18(16)10-17(15)11-19(13)21/h1-12H,23H2. The first-order chi connectivity index (χ1) is 12.6. The van der Waals surface area contributed by atoms with Crippen molar-refractivity contribution < 1.29 is 4.92 Å². The fraction of sp³-hybridized carbons (Fsp3) is 0. The summed E-state index contributed by atoms with van der Waals surface area (Å²) in [6, 6.07) is 23.4. The van der Waals surface area contributed by atoms with Crippen LogP contribution in [0.2, 0.25) is 0 Å². The van der Waals surface area contributed by atoms with Crippen molar-refractivity contribution in [2.45, 2.75) is 0 Å². The lowest BCUT2D eigenvalue weighted by atomic mass is 9.97. The lowest BCUT2D eigenvalue weighted by Crippen LogP contribution is -1.90. The Morgan fingerprint density at radius 2 is 1.15 bits per heavy atom. The lowest BCUT2D eigenvalue weighted by Gasteiger charge is -2.08. The van der Waals surface area contributed by atoms with Crippen LogP contribution in [-0.2, 0) is 0 Å². The second-order valence-electron chi connectivity index (χ2n) is 6.57. The van der Waals surface area contributed by atoms with Crippen LogP contribution < -0.4 is 5.73 Å². The van der Waals surface area contributed by atoms with Gasteiger partial charge < -0.3 is 5.73 Å². The fourth-order valence-electron chi connectivity index (χ4n) is 3.72. The van der Waals surface area contributed by atoms with E-state index in [1.807, 2.05) is 30.3 Å². The van der Waals surface area contributed by atoms with Crippen LogP contribution >= 0.6 is 0 Å². The smallest absolute Gasteiger partial charge is 0.277 e. The van der Waals surface area contributed by atoms with Gasteiger partial charge in [-0.05, 0) is 74.8 Å². The molecule has 0 aliphatic carbocycles. The third-order valence-corrected chi connectivity index (χ3v) is 5.00. The van der Waals surface area contributed by atoms with Crippen LogP contribution in [0.15, 0.2) is 72.8 Å². The summed E-state index contributed by atoms with van der Waals surface area (Å²) in [5.41, 5.74) is 6.99. The molecule has 0 radical (unpaired) electrons. The first kappa shape index (κ1) is 14.7. The predicted molar refractivity (Wildman–Crippen MR) is 108 cm³/mol. The van der Waals surface area contributed by atoms with Gasteiger partial charge in [-0.2, -0.15) is 0 Å². The van der Waals surface area contributed by atoms with Crippen molar-refractivity contribution in [3.63, 3.8) is 0 Å². The van der Waals surface area contributed by atoms with Crippen LogP contribution in [0.4, 0.5) is 11.4 Å². The normalized spacial score (nSPS) is 11.5. The van der Waals surface area contributed by atoms with Gasteiger partial charge in [0.05, 0.1) is 10.3 Å². The van der Waals surface area contributed by atoms with Crippen LogP contribution in [-0.4, -0.2) is 4.92 Å². The highest BCUT2D eigenvalue weighted by Gasteiger charge is 2.12. The minimum atomic E-state index is -0.330. The number of nitrogen functional groups attached to an aromatic ring is 1. The van der Waals surface area contributed by atoms with Gasteiger partial charge in [-0.3, -0.25) is 10.1 Å². The molecule has 0 saturated carbocycles. The number of anilines is 1. The van der Waals surface area contributed by atoms with E-state index in [0.717, 1.165) is 43.4 Å². The van der Waals surface area contributed by atoms with Crippen molar-refractivity contribution in [1.29, 1.82) is 0 Å². The van der Waals surface area contributed by atoms with Gasteiger partial charge in [-0.25, -0.2) is 0 Å². The average molecular weight is 338 g/mol. The maximum Gasteiger partial charge on any atom is 0.277 e. The molecule has 0 atom stereocenters. The number of nitro groups is 1. The molecule has 0 amide bonds. The van der Waals surface area contributed by atoms with Crippen LogP contribution in [0.3, 0.4) is 0 Å². The van der Waals surface area contributed by atoms with Crippen molar-refractivity contribution in [3.05, 3.63) is 82.9 Å². The van der Waals surface area contributed by atoms with E-state index in [1.165, 1.54) is 0 Å². The Kier molecular flexibility index (Phi) is 2.91. The molecule has 26 heavy (non-hydrogen) atoms. The topological polar surface area (TPSA) is 69.2 Å². The summed E-state index contributed by atoms with van der Waals surface area (Å²) in [5.74, 6) is 0. The van der Waals surface area contributed by atoms with Crippen molar-refractivity contribution >= 4 is 54.5 Å². The van der Waals surface area contributed by atoms with E-state index in [9.17, 15) is 10.1 Å². The highest BCUT2D eigenvalue weighted by atomic mass is 16.6. The summed E-state index contributed by atoms with van der Waals surface area (Å²) < 4.78 is 0. The largest absolute Gasteiger partial charge is 0.398 e. The quantitative estimate of drug-likeness (QED) is 0.182. The Bertz CT molecular complexity index is 1370. The minimum Gasteiger partial charge on any atom is -0.398 e. The molecule has 0 aliphatic heterocycles. The van der Waals surface area contributed by atoms with Gasteiger partial charge >= 0.3 is 0 Å². The van der Waals surface area contributed by atoms with Crippen molar-refractivity contribution in [1.82, 2.24) is 0 Å². The number of fused-ring (bicyclic) bond motifs is 4. The van der Waals surface area contributed by atoms with E-state index < -0.39 is 0 Å². The zero-order chi connectivity index (χ0) is 17.8. The van der Waals surface area contributed by atoms with Crippen molar-refractivity contribution in [2.24, 2.45) is 0 Å². The van der Waals surface area contributed by atoms with Crippen LogP contribution in [0, 0.1) is 10.1 Å². The van der Waals surface area contributed by atoms with Gasteiger partial charge in [-0.1, -0.05) is 24.3 Å². The van der Waals surface area contributed by atoms with E-state index in [0.29, 0.717) is 5.39 Å². The van der Waals surface area contributed by atoms with Gasteiger partial charge in [0, 0.05) is 17.1 Å². The predicted octanol–water partition coefficient (Wildman–Crippen LogP) is 5.79. The first-order valence-electron chi connectivity index (χ1n) is 8.33. The number of non-ortho nitro benzene ring substituents is 1. The van der Waals surface area contributed by atoms with Crippen molar-refractivity contribution in [2.75, 3.05) is 5.73 Å². The maximum absolute atomic E-state index is 11.3. The summed E-state index contributed by atoms with van der Waals surface area (Å²) >= 11 is 0. The van der Waals surface area contributed by atoms with Crippen molar-refractivity contribution in [3.8, 4) is 0 Å². The second kappa shape index (κ2) is 5.17. The summed E-state index contributed by atoms with van der Waals surface area (Å²) in [5, 5.41) is 19.2. The molecule has 0 aromatic heterocycles. The van der Waals surface area contributed by atoms with Gasteiger partial charge in [0.1, 0.15) is 0 Å². The molecule has 0 fully saturated rings. The van der Waals surface area contributed by atoms with Crippen LogP contribution in [0.1, 0.15) is 0 Å².